The molecule has 12 heavy (non-hydrogen) atoms. The molecule has 1 rings (SSSR count). The number of likely N-dealkylation sites (tertiary alicyclic amines) is 1. The van der Waals surface area contributed by atoms with Crippen molar-refractivity contribution < 1.29 is 9.53 Å². The second kappa shape index (κ2) is 3.90. The van der Waals surface area contributed by atoms with Crippen LogP contribution in [0.1, 0.15) is 26.7 Å². The lowest BCUT2D eigenvalue weighted by atomic mass is 10.1. The first-order chi connectivity index (χ1) is 5.69. The van der Waals surface area contributed by atoms with Gasteiger partial charge in [0.15, 0.2) is 0 Å². The van der Waals surface area contributed by atoms with Gasteiger partial charge in [-0.25, -0.2) is 0 Å². The van der Waals surface area contributed by atoms with Crippen LogP contribution in [0.2, 0.25) is 0 Å². The molecule has 0 bridgehead atoms. The van der Waals surface area contributed by atoms with Crippen molar-refractivity contribution in [3.63, 3.8) is 0 Å². The van der Waals surface area contributed by atoms with Crippen LogP contribution < -0.4 is 0 Å². The van der Waals surface area contributed by atoms with Crippen molar-refractivity contribution in [2.45, 2.75) is 38.8 Å². The summed E-state index contributed by atoms with van der Waals surface area (Å²) in [6.45, 7) is 4.50. The standard InChI is InChI=1S/C9H17NO2/c1-4-8-5-9(12-3)6-10(8)7(2)11/h8-9H,4-6H2,1-3H3. The van der Waals surface area contributed by atoms with Gasteiger partial charge in [0.1, 0.15) is 0 Å². The van der Waals surface area contributed by atoms with Crippen molar-refractivity contribution in [1.82, 2.24) is 4.90 Å². The fourth-order valence-electron chi connectivity index (χ4n) is 1.82. The first-order valence-electron chi connectivity index (χ1n) is 4.49. The van der Waals surface area contributed by atoms with Crippen LogP contribution in [0.5, 0.6) is 0 Å². The van der Waals surface area contributed by atoms with Gasteiger partial charge < -0.3 is 9.64 Å². The minimum Gasteiger partial charge on any atom is -0.380 e. The van der Waals surface area contributed by atoms with Crippen molar-refractivity contribution in [1.29, 1.82) is 0 Å². The predicted molar refractivity (Wildman–Crippen MR) is 46.9 cm³/mol. The summed E-state index contributed by atoms with van der Waals surface area (Å²) in [5.74, 6) is 0.168. The summed E-state index contributed by atoms with van der Waals surface area (Å²) >= 11 is 0. The van der Waals surface area contributed by atoms with Crippen molar-refractivity contribution in [3.8, 4) is 0 Å². The lowest BCUT2D eigenvalue weighted by Crippen LogP contribution is -2.33. The van der Waals surface area contributed by atoms with Crippen molar-refractivity contribution >= 4 is 5.91 Å². The van der Waals surface area contributed by atoms with E-state index in [9.17, 15) is 4.79 Å². The molecule has 0 aromatic rings. The van der Waals surface area contributed by atoms with Crippen molar-refractivity contribution in [3.05, 3.63) is 0 Å². The number of methoxy groups -OCH3 is 1. The van der Waals surface area contributed by atoms with E-state index < -0.39 is 0 Å². The largest absolute Gasteiger partial charge is 0.380 e. The molecule has 1 aliphatic rings. The fraction of sp³-hybridized carbons (Fsp3) is 0.889. The molecule has 0 saturated carbocycles. The third-order valence-corrected chi connectivity index (χ3v) is 2.59. The van der Waals surface area contributed by atoms with Crippen LogP contribution in [0.15, 0.2) is 0 Å². The highest BCUT2D eigenvalue weighted by Crippen LogP contribution is 2.21. The fourth-order valence-corrected chi connectivity index (χ4v) is 1.82. The van der Waals surface area contributed by atoms with E-state index in [1.807, 2.05) is 4.90 Å². The van der Waals surface area contributed by atoms with Gasteiger partial charge in [-0.05, 0) is 12.8 Å². The second-order valence-corrected chi connectivity index (χ2v) is 3.33. The summed E-state index contributed by atoms with van der Waals surface area (Å²) in [5.41, 5.74) is 0. The lowest BCUT2D eigenvalue weighted by Gasteiger charge is -2.21. The quantitative estimate of drug-likeness (QED) is 0.621. The van der Waals surface area contributed by atoms with Crippen LogP contribution >= 0.6 is 0 Å². The highest BCUT2D eigenvalue weighted by atomic mass is 16.5. The summed E-state index contributed by atoms with van der Waals surface area (Å²) in [6.07, 6.45) is 2.27. The molecule has 0 radical (unpaired) electrons. The number of rotatable bonds is 2. The van der Waals surface area contributed by atoms with Gasteiger partial charge in [0.2, 0.25) is 5.91 Å². The minimum atomic E-state index is 0.168. The highest BCUT2D eigenvalue weighted by Gasteiger charge is 2.32. The molecule has 0 aromatic heterocycles. The normalized spacial score (nSPS) is 29.4. The molecule has 3 nitrogen and oxygen atoms in total. The zero-order chi connectivity index (χ0) is 9.14. The third kappa shape index (κ3) is 1.78. The number of carbonyl (C=O) groups excluding carboxylic acids is 1. The average Bonchev–Trinajstić information content (AvgIpc) is 2.47. The second-order valence-electron chi connectivity index (χ2n) is 3.33. The summed E-state index contributed by atoms with van der Waals surface area (Å²) in [4.78, 5) is 13.1. The molecule has 0 aromatic carbocycles. The van der Waals surface area contributed by atoms with Gasteiger partial charge in [0, 0.05) is 26.6 Å². The molecule has 70 valence electrons. The Morgan fingerprint density at radius 1 is 1.67 bits per heavy atom. The molecule has 1 saturated heterocycles. The third-order valence-electron chi connectivity index (χ3n) is 2.59. The molecule has 1 heterocycles. The van der Waals surface area contributed by atoms with E-state index in [2.05, 4.69) is 6.92 Å². The van der Waals surface area contributed by atoms with Gasteiger partial charge in [0.25, 0.3) is 0 Å². The number of hydrogen-bond donors (Lipinski definition) is 0. The minimum absolute atomic E-state index is 0.168. The van der Waals surface area contributed by atoms with Crippen molar-refractivity contribution in [2.75, 3.05) is 13.7 Å². The van der Waals surface area contributed by atoms with E-state index in [1.165, 1.54) is 0 Å². The van der Waals surface area contributed by atoms with Crippen LogP contribution in [0.3, 0.4) is 0 Å². The van der Waals surface area contributed by atoms with Gasteiger partial charge >= 0.3 is 0 Å². The molecule has 2 atom stereocenters. The Morgan fingerprint density at radius 3 is 2.67 bits per heavy atom. The molecule has 1 amide bonds. The molecule has 1 aliphatic heterocycles. The smallest absolute Gasteiger partial charge is 0.219 e. The molecule has 2 unspecified atom stereocenters. The molecule has 1 fully saturated rings. The van der Waals surface area contributed by atoms with Gasteiger partial charge in [0.05, 0.1) is 6.10 Å². The SMILES string of the molecule is CCC1CC(OC)CN1C(C)=O. The van der Waals surface area contributed by atoms with Gasteiger partial charge in [-0.15, -0.1) is 0 Å². The van der Waals surface area contributed by atoms with E-state index in [0.29, 0.717) is 6.04 Å². The molecule has 0 spiro atoms. The van der Waals surface area contributed by atoms with E-state index >= 15 is 0 Å². The molecular formula is C9H17NO2. The van der Waals surface area contributed by atoms with E-state index in [0.717, 1.165) is 19.4 Å². The Morgan fingerprint density at radius 2 is 2.33 bits per heavy atom. The number of amides is 1. The van der Waals surface area contributed by atoms with E-state index in [1.54, 1.807) is 14.0 Å². The summed E-state index contributed by atoms with van der Waals surface area (Å²) < 4.78 is 5.23. The van der Waals surface area contributed by atoms with Crippen LogP contribution in [-0.2, 0) is 9.53 Å². The molecule has 0 aliphatic carbocycles. The maximum Gasteiger partial charge on any atom is 0.219 e. The summed E-state index contributed by atoms with van der Waals surface area (Å²) in [6, 6.07) is 0.396. The zero-order valence-electron chi connectivity index (χ0n) is 8.04. The lowest BCUT2D eigenvalue weighted by molar-refractivity contribution is -0.130. The molecule has 3 heteroatoms. The highest BCUT2D eigenvalue weighted by molar-refractivity contribution is 5.74. The Kier molecular flexibility index (Phi) is 3.09. The first-order valence-corrected chi connectivity index (χ1v) is 4.49. The Bertz CT molecular complexity index is 170. The zero-order valence-corrected chi connectivity index (χ0v) is 8.04. The summed E-state index contributed by atoms with van der Waals surface area (Å²) in [7, 11) is 1.71. The van der Waals surface area contributed by atoms with Gasteiger partial charge in [-0.1, -0.05) is 6.92 Å². The van der Waals surface area contributed by atoms with Crippen LogP contribution in [-0.4, -0.2) is 36.6 Å². The topological polar surface area (TPSA) is 29.5 Å². The Balaban J connectivity index is 2.56. The van der Waals surface area contributed by atoms with Crippen LogP contribution in [0.4, 0.5) is 0 Å². The van der Waals surface area contributed by atoms with E-state index in [4.69, 9.17) is 4.74 Å². The monoisotopic (exact) mass is 171 g/mol. The maximum absolute atomic E-state index is 11.1. The van der Waals surface area contributed by atoms with Crippen molar-refractivity contribution in [2.24, 2.45) is 0 Å². The predicted octanol–water partition coefficient (Wildman–Crippen LogP) is 1.03. The number of carbonyl (C=O) groups is 1. The average molecular weight is 171 g/mol. The molecular weight excluding hydrogens is 154 g/mol. The Labute approximate surface area is 73.7 Å². The first kappa shape index (κ1) is 9.52. The summed E-state index contributed by atoms with van der Waals surface area (Å²) in [5, 5.41) is 0. The van der Waals surface area contributed by atoms with Crippen LogP contribution in [0.25, 0.3) is 0 Å². The van der Waals surface area contributed by atoms with Gasteiger partial charge in [-0.2, -0.15) is 0 Å². The number of hydrogen-bond acceptors (Lipinski definition) is 2. The molecule has 0 N–H and O–H groups in total. The number of ether oxygens (including phenoxy) is 1. The van der Waals surface area contributed by atoms with E-state index in [-0.39, 0.29) is 12.0 Å². The Hall–Kier alpha value is -0.570. The maximum atomic E-state index is 11.1. The number of nitrogens with zero attached hydrogens (tertiary/aromatic N) is 1. The van der Waals surface area contributed by atoms with Crippen LogP contribution in [0, 0.1) is 0 Å². The van der Waals surface area contributed by atoms with Gasteiger partial charge in [-0.3, -0.25) is 4.79 Å².